The predicted octanol–water partition coefficient (Wildman–Crippen LogP) is 4.50. The van der Waals surface area contributed by atoms with Crippen LogP contribution in [-0.2, 0) is 0 Å². The minimum atomic E-state index is 0.454. The number of fused-ring (bicyclic) bond motifs is 1. The summed E-state index contributed by atoms with van der Waals surface area (Å²) in [5.41, 5.74) is 2.63. The highest BCUT2D eigenvalue weighted by Crippen LogP contribution is 2.29. The van der Waals surface area contributed by atoms with E-state index in [0.717, 1.165) is 22.3 Å². The molecule has 0 unspecified atom stereocenters. The van der Waals surface area contributed by atoms with Crippen LogP contribution in [0.3, 0.4) is 0 Å². The highest BCUT2D eigenvalue weighted by Gasteiger charge is 2.06. The molecule has 0 aliphatic heterocycles. The number of methoxy groups -OCH3 is 1. The van der Waals surface area contributed by atoms with Gasteiger partial charge in [0.1, 0.15) is 11.6 Å². The Kier molecular flexibility index (Phi) is 4.28. The van der Waals surface area contributed by atoms with Gasteiger partial charge in [0.25, 0.3) is 0 Å². The molecule has 0 bridgehead atoms. The zero-order valence-corrected chi connectivity index (χ0v) is 14.6. The Morgan fingerprint density at radius 2 is 2.04 bits per heavy atom. The second-order valence-electron chi connectivity index (χ2n) is 5.50. The number of ether oxygens (including phenoxy) is 1. The molecular weight excluding hydrogens is 352 g/mol. The van der Waals surface area contributed by atoms with E-state index in [9.17, 15) is 0 Å². The minimum Gasteiger partial charge on any atom is -0.495 e. The molecule has 0 atom stereocenters. The monoisotopic (exact) mass is 366 g/mol. The van der Waals surface area contributed by atoms with Gasteiger partial charge in [-0.05, 0) is 36.4 Å². The first kappa shape index (κ1) is 16.2. The van der Waals surface area contributed by atoms with Gasteiger partial charge in [-0.2, -0.15) is 10.1 Å². The van der Waals surface area contributed by atoms with E-state index in [1.165, 1.54) is 0 Å². The lowest BCUT2D eigenvalue weighted by Crippen LogP contribution is -2.00. The van der Waals surface area contributed by atoms with E-state index in [1.54, 1.807) is 37.7 Å². The zero-order valence-electron chi connectivity index (χ0n) is 13.8. The number of H-pyrrole nitrogens is 1. The van der Waals surface area contributed by atoms with E-state index >= 15 is 0 Å². The quantitative estimate of drug-likeness (QED) is 0.482. The second kappa shape index (κ2) is 6.89. The van der Waals surface area contributed by atoms with Gasteiger partial charge in [-0.25, -0.2) is 4.98 Å². The van der Waals surface area contributed by atoms with Crippen molar-refractivity contribution in [3.8, 4) is 5.75 Å². The lowest BCUT2D eigenvalue weighted by Gasteiger charge is -2.10. The number of hydrogen-bond acceptors (Lipinski definition) is 6. The van der Waals surface area contributed by atoms with Crippen LogP contribution in [0.5, 0.6) is 5.75 Å². The summed E-state index contributed by atoms with van der Waals surface area (Å²) in [7, 11) is 1.58. The number of hydrogen-bond donors (Lipinski definition) is 3. The molecule has 0 saturated carbocycles. The van der Waals surface area contributed by atoms with Gasteiger partial charge < -0.3 is 15.4 Å². The molecule has 130 valence electrons. The van der Waals surface area contributed by atoms with Crippen LogP contribution in [0.2, 0.25) is 5.02 Å². The molecule has 7 nitrogen and oxygen atoms in total. The van der Waals surface area contributed by atoms with Crippen LogP contribution in [-0.4, -0.2) is 27.3 Å². The van der Waals surface area contributed by atoms with Crippen molar-refractivity contribution in [1.29, 1.82) is 0 Å². The van der Waals surface area contributed by atoms with Crippen LogP contribution in [0.4, 0.5) is 23.1 Å². The average molecular weight is 367 g/mol. The summed E-state index contributed by atoms with van der Waals surface area (Å²) in [6.45, 7) is 0. The number of anilines is 4. The molecule has 0 amide bonds. The first-order valence-electron chi connectivity index (χ1n) is 7.85. The van der Waals surface area contributed by atoms with Gasteiger partial charge in [0.05, 0.1) is 29.5 Å². The standard InChI is InChI=1S/C18H15ClN6O/c1-26-16-6-5-11(9-13(16)19)22-18-20-8-7-17(24-18)23-14-3-2-4-15-12(14)10-21-25-15/h2-10H,1H3,(H,21,25)(H2,20,22,23,24). The lowest BCUT2D eigenvalue weighted by atomic mass is 10.2. The van der Waals surface area contributed by atoms with E-state index in [2.05, 4.69) is 30.8 Å². The molecule has 2 aromatic carbocycles. The number of nitrogens with one attached hydrogen (secondary N) is 3. The van der Waals surface area contributed by atoms with Crippen molar-refractivity contribution >= 4 is 45.6 Å². The maximum absolute atomic E-state index is 6.15. The number of rotatable bonds is 5. The van der Waals surface area contributed by atoms with Crippen molar-refractivity contribution < 1.29 is 4.74 Å². The number of aromatic amines is 1. The molecule has 3 N–H and O–H groups in total. The fraction of sp³-hybridized carbons (Fsp3) is 0.0556. The molecule has 2 heterocycles. The SMILES string of the molecule is COc1ccc(Nc2nccc(Nc3cccc4[nH]ncc34)n2)cc1Cl. The molecule has 0 saturated heterocycles. The summed E-state index contributed by atoms with van der Waals surface area (Å²) in [6, 6.07) is 13.1. The molecule has 8 heteroatoms. The van der Waals surface area contributed by atoms with E-state index in [0.29, 0.717) is 22.5 Å². The Labute approximate surface area is 154 Å². The number of benzene rings is 2. The second-order valence-corrected chi connectivity index (χ2v) is 5.91. The molecular formula is C18H15ClN6O. The maximum Gasteiger partial charge on any atom is 0.229 e. The summed E-state index contributed by atoms with van der Waals surface area (Å²) < 4.78 is 5.16. The van der Waals surface area contributed by atoms with Crippen molar-refractivity contribution in [2.45, 2.75) is 0 Å². The van der Waals surface area contributed by atoms with E-state index in [-0.39, 0.29) is 0 Å². The Morgan fingerprint density at radius 3 is 2.88 bits per heavy atom. The van der Waals surface area contributed by atoms with Crippen LogP contribution in [0.1, 0.15) is 0 Å². The molecule has 26 heavy (non-hydrogen) atoms. The van der Waals surface area contributed by atoms with Crippen molar-refractivity contribution in [2.75, 3.05) is 17.7 Å². The summed E-state index contributed by atoms with van der Waals surface area (Å²) >= 11 is 6.15. The number of aromatic nitrogens is 4. The van der Waals surface area contributed by atoms with Crippen molar-refractivity contribution in [3.63, 3.8) is 0 Å². The van der Waals surface area contributed by atoms with Gasteiger partial charge in [0, 0.05) is 17.3 Å². The van der Waals surface area contributed by atoms with Crippen molar-refractivity contribution in [2.24, 2.45) is 0 Å². The zero-order chi connectivity index (χ0) is 17.9. The molecule has 4 rings (SSSR count). The van der Waals surface area contributed by atoms with Crippen LogP contribution in [0.25, 0.3) is 10.9 Å². The first-order chi connectivity index (χ1) is 12.7. The highest BCUT2D eigenvalue weighted by molar-refractivity contribution is 6.32. The van der Waals surface area contributed by atoms with Gasteiger partial charge in [-0.3, -0.25) is 5.10 Å². The van der Waals surface area contributed by atoms with Gasteiger partial charge in [-0.15, -0.1) is 0 Å². The van der Waals surface area contributed by atoms with Crippen molar-refractivity contribution in [1.82, 2.24) is 20.2 Å². The number of halogens is 1. The fourth-order valence-corrected chi connectivity index (χ4v) is 2.83. The third kappa shape index (κ3) is 3.25. The highest BCUT2D eigenvalue weighted by atomic mass is 35.5. The van der Waals surface area contributed by atoms with Crippen LogP contribution in [0.15, 0.2) is 54.9 Å². The minimum absolute atomic E-state index is 0.454. The Hall–Kier alpha value is -3.32. The van der Waals surface area contributed by atoms with E-state index in [4.69, 9.17) is 16.3 Å². The molecule has 0 spiro atoms. The van der Waals surface area contributed by atoms with Crippen LogP contribution < -0.4 is 15.4 Å². The van der Waals surface area contributed by atoms with Gasteiger partial charge in [0.15, 0.2) is 0 Å². The molecule has 0 aliphatic carbocycles. The van der Waals surface area contributed by atoms with E-state index in [1.807, 2.05) is 24.3 Å². The predicted molar refractivity (Wildman–Crippen MR) is 103 cm³/mol. The Bertz CT molecular complexity index is 1060. The normalized spacial score (nSPS) is 10.7. The molecule has 0 radical (unpaired) electrons. The van der Waals surface area contributed by atoms with Crippen LogP contribution in [0, 0.1) is 0 Å². The van der Waals surface area contributed by atoms with Gasteiger partial charge in [0.2, 0.25) is 5.95 Å². The number of nitrogens with zero attached hydrogens (tertiary/aromatic N) is 3. The molecule has 0 fully saturated rings. The third-order valence-electron chi connectivity index (χ3n) is 3.81. The fourth-order valence-electron chi connectivity index (χ4n) is 2.58. The summed E-state index contributed by atoms with van der Waals surface area (Å²) in [4.78, 5) is 8.73. The third-order valence-corrected chi connectivity index (χ3v) is 4.11. The molecule has 2 aromatic heterocycles. The Balaban J connectivity index is 1.57. The summed E-state index contributed by atoms with van der Waals surface area (Å²) in [6.07, 6.45) is 3.45. The maximum atomic E-state index is 6.15. The molecule has 0 aliphatic rings. The van der Waals surface area contributed by atoms with Gasteiger partial charge >= 0.3 is 0 Å². The van der Waals surface area contributed by atoms with E-state index < -0.39 is 0 Å². The lowest BCUT2D eigenvalue weighted by molar-refractivity contribution is 0.415. The average Bonchev–Trinajstić information content (AvgIpc) is 3.12. The largest absolute Gasteiger partial charge is 0.495 e. The Morgan fingerprint density at radius 1 is 1.12 bits per heavy atom. The van der Waals surface area contributed by atoms with Crippen LogP contribution >= 0.6 is 11.6 Å². The summed E-state index contributed by atoms with van der Waals surface area (Å²) in [5.74, 6) is 1.73. The first-order valence-corrected chi connectivity index (χ1v) is 8.23. The smallest absolute Gasteiger partial charge is 0.229 e. The molecule has 4 aromatic rings. The topological polar surface area (TPSA) is 87.8 Å². The summed E-state index contributed by atoms with van der Waals surface area (Å²) in [5, 5.41) is 14.9. The van der Waals surface area contributed by atoms with Crippen molar-refractivity contribution in [3.05, 3.63) is 59.9 Å². The van der Waals surface area contributed by atoms with Gasteiger partial charge in [-0.1, -0.05) is 17.7 Å².